The quantitative estimate of drug-likeness (QED) is 0.825. The van der Waals surface area contributed by atoms with Gasteiger partial charge in [-0.05, 0) is 19.8 Å². The fourth-order valence-corrected chi connectivity index (χ4v) is 5.41. The Labute approximate surface area is 127 Å². The normalized spacial score (nSPS) is 25.8. The number of hydrogen-bond donors (Lipinski definition) is 1. The first-order chi connectivity index (χ1) is 8.86. The van der Waals surface area contributed by atoms with Gasteiger partial charge in [0.15, 0.2) is 9.84 Å². The van der Waals surface area contributed by atoms with Crippen molar-refractivity contribution in [1.29, 1.82) is 0 Å². The van der Waals surface area contributed by atoms with Crippen LogP contribution in [0.1, 0.15) is 45.4 Å². The fraction of sp³-hybridized carbons (Fsp3) is 0.923. The maximum atomic E-state index is 12.4. The lowest BCUT2D eigenvalue weighted by atomic mass is 9.87. The zero-order valence-corrected chi connectivity index (χ0v) is 13.6. The standard InChI is InChI=1S/C13H24N2O3S.ClH/c1-11(14)9-12(16)15-7-8-19(17,18)13(10-15)5-3-2-4-6-13;/h11H,2-10,14H2,1H3;1H. The van der Waals surface area contributed by atoms with Crippen LogP contribution in [0.5, 0.6) is 0 Å². The van der Waals surface area contributed by atoms with Gasteiger partial charge in [0.1, 0.15) is 0 Å². The number of sulfone groups is 1. The van der Waals surface area contributed by atoms with Gasteiger partial charge in [0.25, 0.3) is 0 Å². The van der Waals surface area contributed by atoms with E-state index in [4.69, 9.17) is 5.73 Å². The summed E-state index contributed by atoms with van der Waals surface area (Å²) < 4.78 is 24.1. The molecule has 7 heteroatoms. The van der Waals surface area contributed by atoms with Crippen LogP contribution in [0.2, 0.25) is 0 Å². The number of amides is 1. The Kier molecular flexibility index (Phi) is 5.87. The van der Waals surface area contributed by atoms with Crippen molar-refractivity contribution in [3.63, 3.8) is 0 Å². The predicted octanol–water partition coefficient (Wildman–Crippen LogP) is 1.11. The first-order valence-electron chi connectivity index (χ1n) is 7.12. The predicted molar refractivity (Wildman–Crippen MR) is 81.7 cm³/mol. The topological polar surface area (TPSA) is 80.5 Å². The molecule has 5 nitrogen and oxygen atoms in total. The molecule has 2 aliphatic rings. The van der Waals surface area contributed by atoms with Crippen molar-refractivity contribution in [2.45, 2.75) is 56.2 Å². The molecule has 20 heavy (non-hydrogen) atoms. The van der Waals surface area contributed by atoms with Gasteiger partial charge in [0.2, 0.25) is 5.91 Å². The first kappa shape index (κ1) is 17.7. The second-order valence-electron chi connectivity index (χ2n) is 6.06. The van der Waals surface area contributed by atoms with Crippen LogP contribution in [0.3, 0.4) is 0 Å². The molecule has 1 aliphatic carbocycles. The lowest BCUT2D eigenvalue weighted by Gasteiger charge is -2.44. The van der Waals surface area contributed by atoms with Gasteiger partial charge in [-0.25, -0.2) is 8.42 Å². The lowest BCUT2D eigenvalue weighted by molar-refractivity contribution is -0.132. The molecule has 0 bridgehead atoms. The van der Waals surface area contributed by atoms with E-state index in [2.05, 4.69) is 0 Å². The average Bonchev–Trinajstić information content (AvgIpc) is 2.33. The van der Waals surface area contributed by atoms with Crippen LogP contribution in [-0.2, 0) is 14.6 Å². The van der Waals surface area contributed by atoms with Crippen molar-refractivity contribution in [3.8, 4) is 0 Å². The van der Waals surface area contributed by atoms with Crippen molar-refractivity contribution in [3.05, 3.63) is 0 Å². The van der Waals surface area contributed by atoms with E-state index in [-0.39, 0.29) is 30.1 Å². The second-order valence-corrected chi connectivity index (χ2v) is 8.56. The van der Waals surface area contributed by atoms with Crippen LogP contribution in [0.15, 0.2) is 0 Å². The van der Waals surface area contributed by atoms with Crippen LogP contribution < -0.4 is 5.73 Å². The summed E-state index contributed by atoms with van der Waals surface area (Å²) in [4.78, 5) is 13.8. The lowest BCUT2D eigenvalue weighted by Crippen LogP contribution is -2.58. The maximum Gasteiger partial charge on any atom is 0.224 e. The molecule has 1 aliphatic heterocycles. The maximum absolute atomic E-state index is 12.4. The monoisotopic (exact) mass is 324 g/mol. The molecule has 1 unspecified atom stereocenters. The van der Waals surface area contributed by atoms with E-state index < -0.39 is 14.6 Å². The van der Waals surface area contributed by atoms with E-state index in [1.54, 1.807) is 11.8 Å². The fourth-order valence-electron chi connectivity index (χ4n) is 3.25. The van der Waals surface area contributed by atoms with Crippen molar-refractivity contribution < 1.29 is 13.2 Å². The minimum absolute atomic E-state index is 0. The van der Waals surface area contributed by atoms with Gasteiger partial charge in [-0.2, -0.15) is 0 Å². The number of hydrogen-bond acceptors (Lipinski definition) is 4. The number of carbonyl (C=O) groups excluding carboxylic acids is 1. The molecule has 2 N–H and O–H groups in total. The second kappa shape index (κ2) is 6.62. The summed E-state index contributed by atoms with van der Waals surface area (Å²) in [6, 6.07) is -0.173. The van der Waals surface area contributed by atoms with Gasteiger partial charge >= 0.3 is 0 Å². The van der Waals surface area contributed by atoms with Crippen molar-refractivity contribution >= 4 is 28.2 Å². The van der Waals surface area contributed by atoms with Crippen LogP contribution in [0.4, 0.5) is 0 Å². The largest absolute Gasteiger partial charge is 0.340 e. The van der Waals surface area contributed by atoms with E-state index in [1.165, 1.54) is 0 Å². The first-order valence-corrected chi connectivity index (χ1v) is 8.77. The van der Waals surface area contributed by atoms with Crippen molar-refractivity contribution in [2.24, 2.45) is 5.73 Å². The smallest absolute Gasteiger partial charge is 0.224 e. The van der Waals surface area contributed by atoms with E-state index in [0.29, 0.717) is 32.4 Å². The van der Waals surface area contributed by atoms with Crippen LogP contribution in [0, 0.1) is 0 Å². The third kappa shape index (κ3) is 3.46. The number of nitrogens with zero attached hydrogens (tertiary/aromatic N) is 1. The van der Waals surface area contributed by atoms with Gasteiger partial charge < -0.3 is 10.6 Å². The minimum atomic E-state index is -3.07. The Morgan fingerprint density at radius 3 is 2.45 bits per heavy atom. The van der Waals surface area contributed by atoms with E-state index in [9.17, 15) is 13.2 Å². The minimum Gasteiger partial charge on any atom is -0.340 e. The van der Waals surface area contributed by atoms with E-state index in [0.717, 1.165) is 19.3 Å². The molecular weight excluding hydrogens is 300 g/mol. The van der Waals surface area contributed by atoms with Gasteiger partial charge in [-0.3, -0.25) is 4.79 Å². The third-order valence-corrected chi connectivity index (χ3v) is 6.96. The molecule has 0 aromatic rings. The van der Waals surface area contributed by atoms with Crippen LogP contribution in [-0.4, -0.2) is 48.9 Å². The molecule has 2 rings (SSSR count). The van der Waals surface area contributed by atoms with Gasteiger partial charge in [0, 0.05) is 25.6 Å². The highest BCUT2D eigenvalue weighted by atomic mass is 35.5. The summed E-state index contributed by atoms with van der Waals surface area (Å²) in [5.74, 6) is 0.104. The third-order valence-electron chi connectivity index (χ3n) is 4.38. The number of nitrogens with two attached hydrogens (primary N) is 1. The molecule has 1 spiro atoms. The summed E-state index contributed by atoms with van der Waals surface area (Å²) in [6.45, 7) is 2.51. The SMILES string of the molecule is CC(N)CC(=O)N1CCS(=O)(=O)C2(CCCCC2)C1.Cl. The summed E-state index contributed by atoms with van der Waals surface area (Å²) in [7, 11) is -3.07. The Morgan fingerprint density at radius 2 is 1.90 bits per heavy atom. The molecule has 1 amide bonds. The Balaban J connectivity index is 0.00000200. The number of carbonyl (C=O) groups is 1. The van der Waals surface area contributed by atoms with Crippen molar-refractivity contribution in [2.75, 3.05) is 18.8 Å². The number of halogens is 1. The molecule has 0 aromatic heterocycles. The molecule has 1 heterocycles. The van der Waals surface area contributed by atoms with Crippen molar-refractivity contribution in [1.82, 2.24) is 4.90 Å². The Morgan fingerprint density at radius 1 is 1.30 bits per heavy atom. The van der Waals surface area contributed by atoms with Crippen LogP contribution in [0.25, 0.3) is 0 Å². The number of rotatable bonds is 2. The molecule has 0 radical (unpaired) electrons. The van der Waals surface area contributed by atoms with Crippen LogP contribution >= 0.6 is 12.4 Å². The molecule has 118 valence electrons. The average molecular weight is 325 g/mol. The molecule has 1 atom stereocenters. The summed E-state index contributed by atoms with van der Waals surface area (Å²) in [5.41, 5.74) is 5.66. The highest BCUT2D eigenvalue weighted by Gasteiger charge is 2.48. The van der Waals surface area contributed by atoms with E-state index >= 15 is 0 Å². The van der Waals surface area contributed by atoms with Gasteiger partial charge in [-0.15, -0.1) is 12.4 Å². The highest BCUT2D eigenvalue weighted by molar-refractivity contribution is 7.92. The zero-order valence-electron chi connectivity index (χ0n) is 12.0. The van der Waals surface area contributed by atoms with Gasteiger partial charge in [-0.1, -0.05) is 19.3 Å². The molecule has 2 fully saturated rings. The molecule has 1 saturated carbocycles. The molecular formula is C13H25ClN2O3S. The summed E-state index contributed by atoms with van der Waals surface area (Å²) in [6.07, 6.45) is 4.72. The van der Waals surface area contributed by atoms with Gasteiger partial charge in [0.05, 0.1) is 10.5 Å². The summed E-state index contributed by atoms with van der Waals surface area (Å²) in [5, 5.41) is 0. The zero-order chi connectivity index (χ0) is 14.1. The highest BCUT2D eigenvalue weighted by Crippen LogP contribution is 2.38. The Hall–Kier alpha value is -0.330. The summed E-state index contributed by atoms with van der Waals surface area (Å²) >= 11 is 0. The molecule has 1 saturated heterocycles. The molecule has 0 aromatic carbocycles. The van der Waals surface area contributed by atoms with E-state index in [1.807, 2.05) is 0 Å². The Bertz CT molecular complexity index is 445.